The van der Waals surface area contributed by atoms with Gasteiger partial charge in [-0.15, -0.1) is 0 Å². The third kappa shape index (κ3) is 2.99. The van der Waals surface area contributed by atoms with E-state index in [9.17, 15) is 9.59 Å². The van der Waals surface area contributed by atoms with E-state index in [0.717, 1.165) is 43.9 Å². The molecule has 3 nitrogen and oxygen atoms in total. The molecule has 0 aromatic carbocycles. The second kappa shape index (κ2) is 6.32. The molecule has 0 saturated heterocycles. The van der Waals surface area contributed by atoms with Crippen molar-refractivity contribution in [2.24, 2.45) is 39.9 Å². The topological polar surface area (TPSA) is 43.4 Å². The number of hydrogen-bond donors (Lipinski definition) is 0. The van der Waals surface area contributed by atoms with Gasteiger partial charge >= 0.3 is 5.97 Å². The van der Waals surface area contributed by atoms with Crippen molar-refractivity contribution < 1.29 is 14.3 Å². The van der Waals surface area contributed by atoms with Crippen molar-refractivity contribution in [1.29, 1.82) is 0 Å². The molecule has 0 aliphatic heterocycles. The van der Waals surface area contributed by atoms with Crippen molar-refractivity contribution in [3.05, 3.63) is 0 Å². The van der Waals surface area contributed by atoms with Gasteiger partial charge in [-0.3, -0.25) is 9.59 Å². The largest absolute Gasteiger partial charge is 0.462 e. The summed E-state index contributed by atoms with van der Waals surface area (Å²) in [5.41, 5.74) is -0.0639. The van der Waals surface area contributed by atoms with Gasteiger partial charge in [0.25, 0.3) is 0 Å². The minimum Gasteiger partial charge on any atom is -0.462 e. The molecule has 0 bridgehead atoms. The van der Waals surface area contributed by atoms with Crippen LogP contribution in [0.2, 0.25) is 0 Å². The molecule has 27 heavy (non-hydrogen) atoms. The van der Waals surface area contributed by atoms with Gasteiger partial charge in [-0.2, -0.15) is 0 Å². The molecule has 0 aromatic heterocycles. The monoisotopic (exact) mass is 374 g/mol. The summed E-state index contributed by atoms with van der Waals surface area (Å²) in [6.45, 7) is 10.6. The summed E-state index contributed by atoms with van der Waals surface area (Å²) in [4.78, 5) is 24.9. The van der Waals surface area contributed by atoms with E-state index in [1.165, 1.54) is 25.7 Å². The minimum absolute atomic E-state index is 0.0240. The maximum absolute atomic E-state index is 12.5. The second-order valence-electron chi connectivity index (χ2n) is 11.6. The van der Waals surface area contributed by atoms with Crippen molar-refractivity contribution in [2.75, 3.05) is 0 Å². The normalized spacial score (nSPS) is 47.0. The number of ketones is 1. The first-order valence-electron chi connectivity index (χ1n) is 11.3. The SMILES string of the molecule is CC(C)(C)C(=O)O[C@@H]1CC[C@@]2(C)[C@@H](CC[C@@H]3[C@@H]2CC[C@]2(C)C(=O)CC[C@@H]32)C1. The highest BCUT2D eigenvalue weighted by Gasteiger charge is 2.60. The zero-order chi connectivity index (χ0) is 19.6. The van der Waals surface area contributed by atoms with Crippen LogP contribution in [0.25, 0.3) is 0 Å². The molecule has 0 heterocycles. The van der Waals surface area contributed by atoms with Crippen LogP contribution < -0.4 is 0 Å². The van der Waals surface area contributed by atoms with Crippen LogP contribution in [0.5, 0.6) is 0 Å². The van der Waals surface area contributed by atoms with Gasteiger partial charge in [0.15, 0.2) is 0 Å². The maximum atomic E-state index is 12.5. The Bertz CT molecular complexity index is 632. The highest BCUT2D eigenvalue weighted by molar-refractivity contribution is 5.87. The van der Waals surface area contributed by atoms with Gasteiger partial charge in [0.1, 0.15) is 11.9 Å². The first kappa shape index (κ1) is 19.5. The molecule has 4 fully saturated rings. The van der Waals surface area contributed by atoms with E-state index in [2.05, 4.69) is 13.8 Å². The molecule has 0 radical (unpaired) electrons. The van der Waals surface area contributed by atoms with Gasteiger partial charge < -0.3 is 4.74 Å². The molecule has 0 aromatic rings. The maximum Gasteiger partial charge on any atom is 0.311 e. The Balaban J connectivity index is 1.48. The number of carbonyl (C=O) groups excluding carboxylic acids is 2. The summed E-state index contributed by atoms with van der Waals surface area (Å²) in [7, 11) is 0. The molecule has 0 unspecified atom stereocenters. The van der Waals surface area contributed by atoms with Gasteiger partial charge in [-0.05, 0) is 101 Å². The standard InChI is InChI=1S/C24H38O3/c1-22(2,3)21(26)27-16-10-12-23(4)15(14-16)6-7-17-18-8-9-20(25)24(18,5)13-11-19(17)23/h15-19H,6-14H2,1-5H3/t15-,16+,17-,18-,19-,23-,24-/m0/s1. The average Bonchev–Trinajstić information content (AvgIpc) is 2.89. The molecule has 4 aliphatic carbocycles. The van der Waals surface area contributed by atoms with Gasteiger partial charge in [-0.25, -0.2) is 0 Å². The van der Waals surface area contributed by atoms with Gasteiger partial charge in [0.05, 0.1) is 5.41 Å². The number of Topliss-reactive ketones (excluding diaryl/α,β-unsaturated/α-hetero) is 1. The van der Waals surface area contributed by atoms with E-state index < -0.39 is 5.41 Å². The number of fused-ring (bicyclic) bond motifs is 5. The number of ether oxygens (including phenoxy) is 1. The predicted octanol–water partition coefficient (Wildman–Crippen LogP) is 5.56. The van der Waals surface area contributed by atoms with Crippen LogP contribution in [-0.2, 0) is 14.3 Å². The highest BCUT2D eigenvalue weighted by atomic mass is 16.5. The molecule has 4 saturated carbocycles. The fourth-order valence-electron chi connectivity index (χ4n) is 7.42. The molecule has 3 heteroatoms. The summed E-state index contributed by atoms with van der Waals surface area (Å²) < 4.78 is 5.90. The molecule has 0 N–H and O–H groups in total. The van der Waals surface area contributed by atoms with Crippen molar-refractivity contribution in [3.63, 3.8) is 0 Å². The fraction of sp³-hybridized carbons (Fsp3) is 0.917. The molecule has 0 spiro atoms. The van der Waals surface area contributed by atoms with Crippen LogP contribution in [0.3, 0.4) is 0 Å². The summed E-state index contributed by atoms with van der Waals surface area (Å²) in [6, 6.07) is 0. The second-order valence-corrected chi connectivity index (χ2v) is 11.6. The zero-order valence-corrected chi connectivity index (χ0v) is 18.0. The Morgan fingerprint density at radius 2 is 1.74 bits per heavy atom. The number of carbonyl (C=O) groups is 2. The van der Waals surface area contributed by atoms with E-state index in [-0.39, 0.29) is 17.5 Å². The third-order valence-electron chi connectivity index (χ3n) is 9.21. The quantitative estimate of drug-likeness (QED) is 0.565. The molecule has 4 aliphatic rings. The van der Waals surface area contributed by atoms with Crippen LogP contribution in [0.1, 0.15) is 92.4 Å². The van der Waals surface area contributed by atoms with Crippen LogP contribution >= 0.6 is 0 Å². The Morgan fingerprint density at radius 1 is 1.00 bits per heavy atom. The third-order valence-corrected chi connectivity index (χ3v) is 9.21. The Morgan fingerprint density at radius 3 is 2.44 bits per heavy atom. The minimum atomic E-state index is -0.415. The summed E-state index contributed by atoms with van der Waals surface area (Å²) in [5.74, 6) is 3.29. The lowest BCUT2D eigenvalue weighted by atomic mass is 9.45. The molecule has 152 valence electrons. The highest BCUT2D eigenvalue weighted by Crippen LogP contribution is 2.65. The first-order valence-corrected chi connectivity index (χ1v) is 11.3. The molecular formula is C24H38O3. The van der Waals surface area contributed by atoms with Crippen molar-refractivity contribution >= 4 is 11.8 Å². The van der Waals surface area contributed by atoms with Gasteiger partial charge in [0, 0.05) is 11.8 Å². The van der Waals surface area contributed by atoms with Gasteiger partial charge in [0.2, 0.25) is 0 Å². The van der Waals surface area contributed by atoms with E-state index in [0.29, 0.717) is 23.0 Å². The van der Waals surface area contributed by atoms with E-state index in [4.69, 9.17) is 4.74 Å². The van der Waals surface area contributed by atoms with Crippen molar-refractivity contribution in [3.8, 4) is 0 Å². The van der Waals surface area contributed by atoms with Crippen LogP contribution in [0, 0.1) is 39.9 Å². The van der Waals surface area contributed by atoms with Crippen LogP contribution in [0.15, 0.2) is 0 Å². The Hall–Kier alpha value is -0.860. The Kier molecular flexibility index (Phi) is 4.56. The molecular weight excluding hydrogens is 336 g/mol. The van der Waals surface area contributed by atoms with Crippen LogP contribution in [0.4, 0.5) is 0 Å². The average molecular weight is 375 g/mol. The lowest BCUT2D eigenvalue weighted by Crippen LogP contribution is -2.54. The van der Waals surface area contributed by atoms with Gasteiger partial charge in [-0.1, -0.05) is 13.8 Å². The first-order chi connectivity index (χ1) is 12.6. The lowest BCUT2D eigenvalue weighted by Gasteiger charge is -2.60. The number of hydrogen-bond acceptors (Lipinski definition) is 3. The lowest BCUT2D eigenvalue weighted by molar-refractivity contribution is -0.170. The van der Waals surface area contributed by atoms with Crippen molar-refractivity contribution in [1.82, 2.24) is 0 Å². The summed E-state index contributed by atoms with van der Waals surface area (Å²) in [6.07, 6.45) is 10.1. The smallest absolute Gasteiger partial charge is 0.311 e. The predicted molar refractivity (Wildman–Crippen MR) is 106 cm³/mol. The molecule has 0 amide bonds. The Labute approximate surface area is 165 Å². The van der Waals surface area contributed by atoms with Crippen LogP contribution in [-0.4, -0.2) is 17.9 Å². The zero-order valence-electron chi connectivity index (χ0n) is 18.0. The number of esters is 1. The van der Waals surface area contributed by atoms with E-state index >= 15 is 0 Å². The van der Waals surface area contributed by atoms with E-state index in [1.54, 1.807) is 0 Å². The van der Waals surface area contributed by atoms with Crippen molar-refractivity contribution in [2.45, 2.75) is 98.5 Å². The van der Waals surface area contributed by atoms with E-state index in [1.807, 2.05) is 20.8 Å². The molecule has 7 atom stereocenters. The number of rotatable bonds is 1. The fourth-order valence-corrected chi connectivity index (χ4v) is 7.42. The summed E-state index contributed by atoms with van der Waals surface area (Å²) >= 11 is 0. The molecule has 4 rings (SSSR count). The summed E-state index contributed by atoms with van der Waals surface area (Å²) in [5, 5.41) is 0.